The average molecular weight is 543 g/mol. The highest BCUT2D eigenvalue weighted by Crippen LogP contribution is 2.57. The van der Waals surface area contributed by atoms with Crippen molar-refractivity contribution in [2.45, 2.75) is 89.6 Å². The van der Waals surface area contributed by atoms with Crippen LogP contribution in [0.1, 0.15) is 83.3 Å². The van der Waals surface area contributed by atoms with Crippen molar-refractivity contribution in [1.82, 2.24) is 5.32 Å². The lowest BCUT2D eigenvalue weighted by atomic mass is 9.62. The fourth-order valence-corrected chi connectivity index (χ4v) is 7.32. The van der Waals surface area contributed by atoms with Gasteiger partial charge in [-0.05, 0) is 65.8 Å². The van der Waals surface area contributed by atoms with Crippen LogP contribution in [0, 0.1) is 28.9 Å². The van der Waals surface area contributed by atoms with E-state index in [9.17, 15) is 14.0 Å². The molecular formula is C31H37ClF2N2O2. The van der Waals surface area contributed by atoms with Gasteiger partial charge in [0.1, 0.15) is 5.41 Å². The second kappa shape index (κ2) is 10.0. The zero-order chi connectivity index (χ0) is 27.4. The Hall–Kier alpha value is -2.31. The van der Waals surface area contributed by atoms with Crippen LogP contribution in [-0.2, 0) is 15.0 Å². The van der Waals surface area contributed by atoms with E-state index < -0.39 is 35.1 Å². The molecule has 1 spiro atoms. The van der Waals surface area contributed by atoms with E-state index in [1.165, 1.54) is 12.1 Å². The quantitative estimate of drug-likeness (QED) is 0.421. The minimum atomic E-state index is -1.30. The lowest BCUT2D eigenvalue weighted by Crippen LogP contribution is -2.49. The molecule has 204 valence electrons. The Morgan fingerprint density at radius 3 is 2.50 bits per heavy atom. The molecule has 2 heterocycles. The van der Waals surface area contributed by atoms with E-state index in [0.717, 1.165) is 31.7 Å². The number of carbonyl (C=O) groups is 2. The summed E-state index contributed by atoms with van der Waals surface area (Å²) < 4.78 is 30.3. The molecule has 5 rings (SSSR count). The van der Waals surface area contributed by atoms with Gasteiger partial charge in [-0.25, -0.2) is 8.78 Å². The first kappa shape index (κ1) is 27.3. The highest BCUT2D eigenvalue weighted by molar-refractivity contribution is 6.31. The molecule has 1 saturated carbocycles. The van der Waals surface area contributed by atoms with Crippen LogP contribution in [0.15, 0.2) is 36.4 Å². The van der Waals surface area contributed by atoms with Crippen LogP contribution < -0.4 is 10.6 Å². The normalized spacial score (nSPS) is 30.9. The predicted molar refractivity (Wildman–Crippen MR) is 146 cm³/mol. The van der Waals surface area contributed by atoms with Crippen LogP contribution in [-0.4, -0.2) is 23.8 Å². The summed E-state index contributed by atoms with van der Waals surface area (Å²) in [7, 11) is 0. The first-order valence-electron chi connectivity index (χ1n) is 13.8. The number of benzene rings is 2. The van der Waals surface area contributed by atoms with Gasteiger partial charge in [0.05, 0.1) is 6.04 Å². The van der Waals surface area contributed by atoms with E-state index in [4.69, 9.17) is 11.6 Å². The molecule has 1 saturated heterocycles. The predicted octanol–water partition coefficient (Wildman–Crippen LogP) is 7.15. The van der Waals surface area contributed by atoms with Crippen molar-refractivity contribution in [3.05, 3.63) is 64.2 Å². The molecule has 2 N–H and O–H groups in total. The molecule has 2 aromatic carbocycles. The van der Waals surface area contributed by atoms with Gasteiger partial charge in [-0.1, -0.05) is 70.3 Å². The van der Waals surface area contributed by atoms with Gasteiger partial charge in [-0.3, -0.25) is 9.59 Å². The lowest BCUT2D eigenvalue weighted by molar-refractivity contribution is -0.123. The Balaban J connectivity index is 1.67. The third kappa shape index (κ3) is 4.68. The van der Waals surface area contributed by atoms with E-state index in [2.05, 4.69) is 38.3 Å². The number of anilines is 1. The summed E-state index contributed by atoms with van der Waals surface area (Å²) in [6, 6.07) is 7.95. The second-order valence-corrected chi connectivity index (χ2v) is 13.3. The fourth-order valence-electron chi connectivity index (χ4n) is 7.15. The maximum atomic E-state index is 15.6. The van der Waals surface area contributed by atoms with Gasteiger partial charge < -0.3 is 10.6 Å². The maximum absolute atomic E-state index is 15.6. The molecule has 2 fully saturated rings. The first-order chi connectivity index (χ1) is 17.9. The number of fused-ring (bicyclic) bond motifs is 2. The van der Waals surface area contributed by atoms with Crippen molar-refractivity contribution in [1.29, 1.82) is 0 Å². The molecule has 2 aliphatic heterocycles. The van der Waals surface area contributed by atoms with Crippen molar-refractivity contribution in [3.8, 4) is 0 Å². The largest absolute Gasteiger partial charge is 0.325 e. The van der Waals surface area contributed by atoms with Crippen molar-refractivity contribution in [2.24, 2.45) is 17.3 Å². The van der Waals surface area contributed by atoms with Crippen LogP contribution in [0.25, 0.3) is 0 Å². The molecule has 7 heteroatoms. The Labute approximate surface area is 228 Å². The molecule has 38 heavy (non-hydrogen) atoms. The molecular weight excluding hydrogens is 506 g/mol. The van der Waals surface area contributed by atoms with Gasteiger partial charge in [0.2, 0.25) is 5.91 Å². The zero-order valence-electron chi connectivity index (χ0n) is 22.5. The summed E-state index contributed by atoms with van der Waals surface area (Å²) in [4.78, 5) is 28.2. The van der Waals surface area contributed by atoms with Crippen LogP contribution in [0.4, 0.5) is 14.5 Å². The van der Waals surface area contributed by atoms with Gasteiger partial charge in [-0.2, -0.15) is 0 Å². The summed E-state index contributed by atoms with van der Waals surface area (Å²) >= 11 is 6.28. The molecule has 0 aromatic heterocycles. The highest BCUT2D eigenvalue weighted by Gasteiger charge is 2.66. The van der Waals surface area contributed by atoms with Crippen molar-refractivity contribution in [3.63, 3.8) is 0 Å². The van der Waals surface area contributed by atoms with Gasteiger partial charge >= 0.3 is 0 Å². The number of Topliss-reactive ketones (excluding diaryl/α,β-unsaturated/α-hetero) is 1. The molecule has 0 bridgehead atoms. The van der Waals surface area contributed by atoms with Gasteiger partial charge in [0, 0.05) is 29.1 Å². The number of rotatable bonds is 5. The molecule has 0 radical (unpaired) electrons. The van der Waals surface area contributed by atoms with Crippen LogP contribution in [0.5, 0.6) is 0 Å². The molecule has 4 nitrogen and oxygen atoms in total. The number of carbonyl (C=O) groups excluding carboxylic acids is 2. The molecule has 4 atom stereocenters. The van der Waals surface area contributed by atoms with Crippen molar-refractivity contribution >= 4 is 29.0 Å². The van der Waals surface area contributed by atoms with Crippen LogP contribution in [0.3, 0.4) is 0 Å². The van der Waals surface area contributed by atoms with Gasteiger partial charge in [0.15, 0.2) is 17.4 Å². The minimum absolute atomic E-state index is 0.0378. The standard InChI is InChI=1S/C31H37ClF2N2O2/c1-17-8-10-18(11-9-17)14-24(37)28-26(20-6-5-7-22(33)27(20)34)31(25(36-28)16-30(2,3)4)21-13-12-19(32)15-23(21)35-29(31)38/h5-7,12-13,15,17-18,25-26,28,36H,8-11,14,16H2,1-4H3,(H,35,38)/t17?,18?,25-,26-,28-,31+/m0/s1. The zero-order valence-corrected chi connectivity index (χ0v) is 23.3. The molecule has 1 amide bonds. The summed E-state index contributed by atoms with van der Waals surface area (Å²) in [5, 5.41) is 6.97. The molecule has 1 aliphatic carbocycles. The number of nitrogens with one attached hydrogen (secondary N) is 2. The Morgan fingerprint density at radius 1 is 1.11 bits per heavy atom. The van der Waals surface area contributed by atoms with Crippen LogP contribution >= 0.6 is 11.6 Å². The Bertz CT molecular complexity index is 1250. The molecule has 0 unspecified atom stereocenters. The summed E-state index contributed by atoms with van der Waals surface area (Å²) in [5.41, 5.74) is -0.225. The minimum Gasteiger partial charge on any atom is -0.325 e. The maximum Gasteiger partial charge on any atom is 0.237 e. The Kier molecular flexibility index (Phi) is 7.19. The van der Waals surface area contributed by atoms with E-state index in [1.54, 1.807) is 18.2 Å². The number of amides is 1. The molecule has 3 aliphatic rings. The highest BCUT2D eigenvalue weighted by atomic mass is 35.5. The van der Waals surface area contributed by atoms with Crippen molar-refractivity contribution in [2.75, 3.05) is 5.32 Å². The summed E-state index contributed by atoms with van der Waals surface area (Å²) in [6.45, 7) is 8.47. The van der Waals surface area contributed by atoms with Gasteiger partial charge in [0.25, 0.3) is 0 Å². The van der Waals surface area contributed by atoms with Crippen LogP contribution in [0.2, 0.25) is 5.02 Å². The third-order valence-corrected chi connectivity index (χ3v) is 9.15. The van der Waals surface area contributed by atoms with Gasteiger partial charge in [-0.15, -0.1) is 0 Å². The smallest absolute Gasteiger partial charge is 0.237 e. The lowest BCUT2D eigenvalue weighted by Gasteiger charge is -2.37. The number of hydrogen-bond donors (Lipinski definition) is 2. The first-order valence-corrected chi connectivity index (χ1v) is 14.1. The van der Waals surface area contributed by atoms with E-state index >= 15 is 4.39 Å². The number of hydrogen-bond acceptors (Lipinski definition) is 3. The fraction of sp³-hybridized carbons (Fsp3) is 0.548. The second-order valence-electron chi connectivity index (χ2n) is 12.9. The summed E-state index contributed by atoms with van der Waals surface area (Å²) in [6.07, 6.45) is 5.07. The van der Waals surface area contributed by atoms with E-state index in [0.29, 0.717) is 35.0 Å². The van der Waals surface area contributed by atoms with Crippen molar-refractivity contribution < 1.29 is 18.4 Å². The number of halogens is 3. The average Bonchev–Trinajstić information content (AvgIpc) is 3.31. The van der Waals surface area contributed by atoms with E-state index in [-0.39, 0.29) is 28.6 Å². The van der Waals surface area contributed by atoms with E-state index in [1.807, 2.05) is 0 Å². The SMILES string of the molecule is CC1CCC(CC(=O)[C@@H]2N[C@@H](CC(C)(C)C)[C@@]3(C(=O)Nc4cc(Cl)ccc43)[C@H]2c2cccc(F)c2F)CC1. The summed E-state index contributed by atoms with van der Waals surface area (Å²) in [5.74, 6) is -2.34. The monoisotopic (exact) mass is 542 g/mol. The topological polar surface area (TPSA) is 58.2 Å². The number of ketones is 1. The third-order valence-electron chi connectivity index (χ3n) is 8.91. The molecule has 2 aromatic rings. The Morgan fingerprint density at radius 2 is 1.82 bits per heavy atom.